The lowest BCUT2D eigenvalue weighted by Crippen LogP contribution is -2.28. The van der Waals surface area contributed by atoms with Crippen LogP contribution in [-0.2, 0) is 17.8 Å². The quantitative estimate of drug-likeness (QED) is 0.943. The van der Waals surface area contributed by atoms with Crippen molar-refractivity contribution in [2.75, 3.05) is 7.11 Å². The fourth-order valence-corrected chi connectivity index (χ4v) is 3.17. The highest BCUT2D eigenvalue weighted by Crippen LogP contribution is 2.32. The molecule has 22 heavy (non-hydrogen) atoms. The Bertz CT molecular complexity index is 703. The summed E-state index contributed by atoms with van der Waals surface area (Å²) in [5.41, 5.74) is 2.93. The molecule has 1 N–H and O–H groups in total. The lowest BCUT2D eigenvalue weighted by molar-refractivity contribution is -0.122. The number of pyridine rings is 1. The lowest BCUT2D eigenvalue weighted by Gasteiger charge is -2.14. The number of hydrogen-bond acceptors (Lipinski definition) is 3. The molecule has 2 aromatic rings. The normalized spacial score (nSPS) is 16.2. The number of hydrogen-bond donors (Lipinski definition) is 1. The fourth-order valence-electron chi connectivity index (χ4n) is 2.89. The topological polar surface area (TPSA) is 51.2 Å². The summed E-state index contributed by atoms with van der Waals surface area (Å²) in [4.78, 5) is 16.8. The van der Waals surface area contributed by atoms with E-state index in [-0.39, 0.29) is 11.8 Å². The van der Waals surface area contributed by atoms with Gasteiger partial charge in [-0.1, -0.05) is 29.8 Å². The molecular weight excluding hydrogens is 300 g/mol. The zero-order chi connectivity index (χ0) is 15.5. The monoisotopic (exact) mass is 316 g/mol. The van der Waals surface area contributed by atoms with E-state index >= 15 is 0 Å². The first-order valence-electron chi connectivity index (χ1n) is 7.23. The molecule has 0 fully saturated rings. The van der Waals surface area contributed by atoms with Crippen LogP contribution in [0.1, 0.15) is 29.2 Å². The minimum atomic E-state index is -0.165. The smallest absolute Gasteiger partial charge is 0.229 e. The number of para-hydroxylation sites is 1. The van der Waals surface area contributed by atoms with Gasteiger partial charge < -0.3 is 10.1 Å². The van der Waals surface area contributed by atoms with Crippen molar-refractivity contribution in [1.82, 2.24) is 10.3 Å². The summed E-state index contributed by atoms with van der Waals surface area (Å²) >= 11 is 6.09. The summed E-state index contributed by atoms with van der Waals surface area (Å²) in [6.45, 7) is 0.390. The molecule has 1 amide bonds. The number of rotatable bonds is 4. The third-order valence-electron chi connectivity index (χ3n) is 3.98. The Morgan fingerprint density at radius 1 is 1.41 bits per heavy atom. The molecule has 3 rings (SSSR count). The van der Waals surface area contributed by atoms with Gasteiger partial charge >= 0.3 is 0 Å². The summed E-state index contributed by atoms with van der Waals surface area (Å²) in [7, 11) is 1.57. The number of amides is 1. The Kier molecular flexibility index (Phi) is 4.29. The number of aryl methyl sites for hydroxylation is 1. The summed E-state index contributed by atoms with van der Waals surface area (Å²) in [5.74, 6) is 0.440. The maximum Gasteiger partial charge on any atom is 0.229 e. The van der Waals surface area contributed by atoms with Gasteiger partial charge in [0.1, 0.15) is 5.75 Å². The second-order valence-corrected chi connectivity index (χ2v) is 5.70. The van der Waals surface area contributed by atoms with Gasteiger partial charge in [-0.3, -0.25) is 9.78 Å². The van der Waals surface area contributed by atoms with Crippen LogP contribution in [0.3, 0.4) is 0 Å². The molecular formula is C17H17ClN2O2. The molecule has 0 spiro atoms. The molecule has 0 saturated heterocycles. The predicted octanol–water partition coefficient (Wildman–Crippen LogP) is 3.09. The first-order valence-corrected chi connectivity index (χ1v) is 7.61. The molecule has 1 aliphatic rings. The number of benzene rings is 1. The number of methoxy groups -OCH3 is 1. The molecule has 1 atom stereocenters. The van der Waals surface area contributed by atoms with E-state index in [1.54, 1.807) is 19.4 Å². The van der Waals surface area contributed by atoms with Crippen LogP contribution in [0, 0.1) is 0 Å². The number of nitrogens with one attached hydrogen (secondary N) is 1. The van der Waals surface area contributed by atoms with Crippen LogP contribution in [0.4, 0.5) is 0 Å². The number of halogens is 1. The first kappa shape index (κ1) is 14.9. The molecule has 4 nitrogen and oxygen atoms in total. The van der Waals surface area contributed by atoms with E-state index in [1.165, 1.54) is 5.56 Å². The summed E-state index contributed by atoms with van der Waals surface area (Å²) < 4.78 is 5.29. The molecule has 1 aliphatic carbocycles. The van der Waals surface area contributed by atoms with E-state index in [4.69, 9.17) is 16.3 Å². The average Bonchev–Trinajstić information content (AvgIpc) is 2.96. The van der Waals surface area contributed by atoms with E-state index in [1.807, 2.05) is 24.3 Å². The second kappa shape index (κ2) is 6.36. The summed E-state index contributed by atoms with van der Waals surface area (Å²) in [5, 5.41) is 3.51. The molecule has 1 heterocycles. The Labute approximate surface area is 134 Å². The number of carbonyl (C=O) groups excluding carboxylic acids is 1. The van der Waals surface area contributed by atoms with Crippen molar-refractivity contribution >= 4 is 17.5 Å². The van der Waals surface area contributed by atoms with Crippen molar-refractivity contribution in [3.8, 4) is 5.75 Å². The van der Waals surface area contributed by atoms with E-state index in [0.29, 0.717) is 17.3 Å². The van der Waals surface area contributed by atoms with Gasteiger partial charge in [0.15, 0.2) is 0 Å². The molecule has 0 radical (unpaired) electrons. The maximum absolute atomic E-state index is 12.4. The Morgan fingerprint density at radius 3 is 3.09 bits per heavy atom. The standard InChI is InChI=1S/C17H17ClN2O2/c1-22-16-12(4-2-6-14(16)18)10-20-17(21)13-8-7-11-5-3-9-19-15(11)13/h2-6,9,13H,7-8,10H2,1H3,(H,20,21). The van der Waals surface area contributed by atoms with E-state index in [2.05, 4.69) is 10.3 Å². The lowest BCUT2D eigenvalue weighted by atomic mass is 10.1. The van der Waals surface area contributed by atoms with Crippen LogP contribution in [0.2, 0.25) is 5.02 Å². The van der Waals surface area contributed by atoms with E-state index in [0.717, 1.165) is 24.1 Å². The van der Waals surface area contributed by atoms with Gasteiger partial charge in [0.2, 0.25) is 5.91 Å². The molecule has 0 bridgehead atoms. The minimum Gasteiger partial charge on any atom is -0.495 e. The number of ether oxygens (including phenoxy) is 1. The molecule has 1 aromatic heterocycles. The van der Waals surface area contributed by atoms with Crippen LogP contribution < -0.4 is 10.1 Å². The van der Waals surface area contributed by atoms with Crippen molar-refractivity contribution in [2.24, 2.45) is 0 Å². The zero-order valence-corrected chi connectivity index (χ0v) is 13.1. The second-order valence-electron chi connectivity index (χ2n) is 5.29. The number of carbonyl (C=O) groups is 1. The van der Waals surface area contributed by atoms with Gasteiger partial charge in [-0.2, -0.15) is 0 Å². The molecule has 0 saturated carbocycles. The van der Waals surface area contributed by atoms with Crippen molar-refractivity contribution in [3.63, 3.8) is 0 Å². The number of nitrogens with zero attached hydrogens (tertiary/aromatic N) is 1. The predicted molar refractivity (Wildman–Crippen MR) is 85.1 cm³/mol. The highest BCUT2D eigenvalue weighted by atomic mass is 35.5. The van der Waals surface area contributed by atoms with E-state index in [9.17, 15) is 4.79 Å². The average molecular weight is 317 g/mol. The largest absolute Gasteiger partial charge is 0.495 e. The summed E-state index contributed by atoms with van der Waals surface area (Å²) in [6.07, 6.45) is 3.46. The Morgan fingerprint density at radius 2 is 2.27 bits per heavy atom. The van der Waals surface area contributed by atoms with Crippen molar-refractivity contribution < 1.29 is 9.53 Å². The number of fused-ring (bicyclic) bond motifs is 1. The van der Waals surface area contributed by atoms with Crippen molar-refractivity contribution in [3.05, 3.63) is 58.4 Å². The molecule has 114 valence electrons. The van der Waals surface area contributed by atoms with Crippen LogP contribution in [0.25, 0.3) is 0 Å². The van der Waals surface area contributed by atoms with Gasteiger partial charge in [-0.15, -0.1) is 0 Å². The van der Waals surface area contributed by atoms with Crippen LogP contribution >= 0.6 is 11.6 Å². The van der Waals surface area contributed by atoms with Gasteiger partial charge in [0.25, 0.3) is 0 Å². The Hall–Kier alpha value is -2.07. The van der Waals surface area contributed by atoms with Crippen molar-refractivity contribution in [2.45, 2.75) is 25.3 Å². The van der Waals surface area contributed by atoms with E-state index < -0.39 is 0 Å². The zero-order valence-electron chi connectivity index (χ0n) is 12.3. The van der Waals surface area contributed by atoms with Crippen LogP contribution in [0.5, 0.6) is 5.75 Å². The van der Waals surface area contributed by atoms with Gasteiger partial charge in [-0.25, -0.2) is 0 Å². The highest BCUT2D eigenvalue weighted by Gasteiger charge is 2.29. The maximum atomic E-state index is 12.4. The van der Waals surface area contributed by atoms with Gasteiger partial charge in [-0.05, 0) is 30.5 Å². The highest BCUT2D eigenvalue weighted by molar-refractivity contribution is 6.32. The molecule has 5 heteroatoms. The molecule has 1 aromatic carbocycles. The van der Waals surface area contributed by atoms with Crippen molar-refractivity contribution in [1.29, 1.82) is 0 Å². The minimum absolute atomic E-state index is 0.000483. The third kappa shape index (κ3) is 2.79. The fraction of sp³-hybridized carbons (Fsp3) is 0.294. The Balaban J connectivity index is 1.71. The molecule has 0 aliphatic heterocycles. The van der Waals surface area contributed by atoms with Crippen LogP contribution in [0.15, 0.2) is 36.5 Å². The van der Waals surface area contributed by atoms with Gasteiger partial charge in [0, 0.05) is 18.3 Å². The van der Waals surface area contributed by atoms with Crippen LogP contribution in [-0.4, -0.2) is 18.0 Å². The molecule has 1 unspecified atom stereocenters. The van der Waals surface area contributed by atoms with Gasteiger partial charge in [0.05, 0.1) is 23.7 Å². The first-order chi connectivity index (χ1) is 10.7. The SMILES string of the molecule is COc1c(Cl)cccc1CNC(=O)C1CCc2cccnc21. The number of aromatic nitrogens is 1. The summed E-state index contributed by atoms with van der Waals surface area (Å²) in [6, 6.07) is 9.46. The third-order valence-corrected chi connectivity index (χ3v) is 4.28.